The molecule has 7 heteroatoms. The number of rotatable bonds is 8. The van der Waals surface area contributed by atoms with Gasteiger partial charge >= 0.3 is 0 Å². The van der Waals surface area contributed by atoms with Crippen LogP contribution in [0.2, 0.25) is 0 Å². The Hall–Kier alpha value is -2.02. The van der Waals surface area contributed by atoms with E-state index >= 15 is 0 Å². The van der Waals surface area contributed by atoms with Gasteiger partial charge in [0.05, 0.1) is 30.0 Å². The molecule has 0 bridgehead atoms. The van der Waals surface area contributed by atoms with E-state index in [2.05, 4.69) is 29.3 Å². The van der Waals surface area contributed by atoms with Gasteiger partial charge in [-0.3, -0.25) is 9.48 Å². The van der Waals surface area contributed by atoms with Gasteiger partial charge in [-0.05, 0) is 18.9 Å². The van der Waals surface area contributed by atoms with Crippen molar-refractivity contribution in [1.82, 2.24) is 24.8 Å². The van der Waals surface area contributed by atoms with Gasteiger partial charge in [0.2, 0.25) is 0 Å². The summed E-state index contributed by atoms with van der Waals surface area (Å²) >= 11 is 0. The molecule has 2 aromatic rings. The summed E-state index contributed by atoms with van der Waals surface area (Å²) in [5.41, 5.74) is 6.94. The van der Waals surface area contributed by atoms with Gasteiger partial charge < -0.3 is 5.73 Å². The predicted molar refractivity (Wildman–Crippen MR) is 78.5 cm³/mol. The van der Waals surface area contributed by atoms with Gasteiger partial charge in [0.15, 0.2) is 5.78 Å². The molecule has 114 valence electrons. The lowest BCUT2D eigenvalue weighted by Crippen LogP contribution is -2.14. The van der Waals surface area contributed by atoms with Crippen molar-refractivity contribution in [2.45, 2.75) is 52.2 Å². The Balaban J connectivity index is 1.93. The zero-order valence-electron chi connectivity index (χ0n) is 12.6. The summed E-state index contributed by atoms with van der Waals surface area (Å²) < 4.78 is 3.47. The fourth-order valence-corrected chi connectivity index (χ4v) is 2.29. The summed E-state index contributed by atoms with van der Waals surface area (Å²) in [7, 11) is 0. The van der Waals surface area contributed by atoms with Crippen LogP contribution in [0.3, 0.4) is 0 Å². The number of carbonyl (C=O) groups is 1. The highest BCUT2D eigenvalue weighted by molar-refractivity contribution is 5.80. The Morgan fingerprint density at radius 2 is 2.10 bits per heavy atom. The van der Waals surface area contributed by atoms with Gasteiger partial charge in [-0.25, -0.2) is 4.68 Å². The Kier molecular flexibility index (Phi) is 5.21. The van der Waals surface area contributed by atoms with Crippen LogP contribution in [-0.2, 0) is 24.3 Å². The van der Waals surface area contributed by atoms with Crippen LogP contribution in [-0.4, -0.2) is 30.6 Å². The van der Waals surface area contributed by atoms with Gasteiger partial charge in [-0.1, -0.05) is 19.1 Å². The summed E-state index contributed by atoms with van der Waals surface area (Å²) in [5.74, 6) is 0.0540. The largest absolute Gasteiger partial charge is 0.325 e. The van der Waals surface area contributed by atoms with E-state index in [0.717, 1.165) is 18.5 Å². The first-order valence-corrected chi connectivity index (χ1v) is 7.31. The number of Topliss-reactive ketones (excluding diaryl/α,β-unsaturated/α-hetero) is 1. The maximum absolute atomic E-state index is 12.0. The van der Waals surface area contributed by atoms with Crippen LogP contribution in [0.5, 0.6) is 0 Å². The molecule has 0 amide bonds. The van der Waals surface area contributed by atoms with Crippen LogP contribution >= 0.6 is 0 Å². The summed E-state index contributed by atoms with van der Waals surface area (Å²) in [6, 6.07) is 2.30. The number of aromatic nitrogens is 5. The summed E-state index contributed by atoms with van der Waals surface area (Å²) in [5, 5.41) is 12.2. The van der Waals surface area contributed by atoms with Crippen LogP contribution < -0.4 is 5.73 Å². The molecule has 21 heavy (non-hydrogen) atoms. The molecule has 0 saturated carbocycles. The minimum Gasteiger partial charge on any atom is -0.325 e. The van der Waals surface area contributed by atoms with E-state index < -0.39 is 0 Å². The molecule has 0 aliphatic rings. The van der Waals surface area contributed by atoms with Gasteiger partial charge in [-0.2, -0.15) is 5.10 Å². The zero-order chi connectivity index (χ0) is 15.2. The van der Waals surface area contributed by atoms with Gasteiger partial charge in [0, 0.05) is 12.7 Å². The van der Waals surface area contributed by atoms with Gasteiger partial charge in [0.1, 0.15) is 6.54 Å². The monoisotopic (exact) mass is 290 g/mol. The highest BCUT2D eigenvalue weighted by Gasteiger charge is 2.11. The first-order valence-electron chi connectivity index (χ1n) is 7.31. The lowest BCUT2D eigenvalue weighted by molar-refractivity contribution is -0.119. The number of nitrogens with zero attached hydrogens (tertiary/aromatic N) is 5. The lowest BCUT2D eigenvalue weighted by atomic mass is 10.2. The SMILES string of the molecule is CCC(CC)n1ccc(CC(=O)Cn2cc(CN)nn2)n1. The minimum atomic E-state index is 0.0540. The third-order valence-corrected chi connectivity index (χ3v) is 3.49. The smallest absolute Gasteiger partial charge is 0.160 e. The topological polar surface area (TPSA) is 91.6 Å². The molecule has 0 unspecified atom stereocenters. The zero-order valence-corrected chi connectivity index (χ0v) is 12.6. The van der Waals surface area contributed by atoms with Crippen molar-refractivity contribution >= 4 is 5.78 Å². The van der Waals surface area contributed by atoms with Crippen molar-refractivity contribution in [3.05, 3.63) is 29.8 Å². The second kappa shape index (κ2) is 7.12. The van der Waals surface area contributed by atoms with Gasteiger partial charge in [-0.15, -0.1) is 5.10 Å². The Bertz CT molecular complexity index is 584. The van der Waals surface area contributed by atoms with Crippen LogP contribution in [0.4, 0.5) is 0 Å². The van der Waals surface area contributed by atoms with Crippen molar-refractivity contribution in [3.63, 3.8) is 0 Å². The average molecular weight is 290 g/mol. The summed E-state index contributed by atoms with van der Waals surface area (Å²) in [6.45, 7) is 4.81. The molecule has 0 aliphatic carbocycles. The molecule has 0 saturated heterocycles. The molecule has 0 atom stereocenters. The molecule has 0 spiro atoms. The first kappa shape index (κ1) is 15.4. The summed E-state index contributed by atoms with van der Waals surface area (Å²) in [6.07, 6.45) is 6.02. The van der Waals surface area contributed by atoms with E-state index in [-0.39, 0.29) is 12.3 Å². The van der Waals surface area contributed by atoms with Crippen LogP contribution in [0, 0.1) is 0 Å². The number of carbonyl (C=O) groups excluding carboxylic acids is 1. The van der Waals surface area contributed by atoms with Gasteiger partial charge in [0.25, 0.3) is 0 Å². The number of nitrogens with two attached hydrogens (primary N) is 1. The van der Waals surface area contributed by atoms with E-state index in [4.69, 9.17) is 5.73 Å². The van der Waals surface area contributed by atoms with Crippen molar-refractivity contribution in [2.24, 2.45) is 5.73 Å². The number of ketones is 1. The molecule has 0 aliphatic heterocycles. The summed E-state index contributed by atoms with van der Waals surface area (Å²) in [4.78, 5) is 12.0. The van der Waals surface area contributed by atoms with Crippen molar-refractivity contribution in [3.8, 4) is 0 Å². The van der Waals surface area contributed by atoms with Crippen molar-refractivity contribution < 1.29 is 4.79 Å². The molecule has 2 heterocycles. The van der Waals surface area contributed by atoms with E-state index in [9.17, 15) is 4.79 Å². The second-order valence-electron chi connectivity index (χ2n) is 5.08. The quantitative estimate of drug-likeness (QED) is 0.786. The number of hydrogen-bond acceptors (Lipinski definition) is 5. The number of hydrogen-bond donors (Lipinski definition) is 1. The molecular formula is C14H22N6O. The molecule has 2 aromatic heterocycles. The molecule has 2 rings (SSSR count). The maximum atomic E-state index is 12.0. The highest BCUT2D eigenvalue weighted by atomic mass is 16.1. The second-order valence-corrected chi connectivity index (χ2v) is 5.08. The molecule has 2 N–H and O–H groups in total. The predicted octanol–water partition coefficient (Wildman–Crippen LogP) is 1.11. The molecule has 0 fully saturated rings. The third kappa shape index (κ3) is 3.98. The van der Waals surface area contributed by atoms with E-state index in [0.29, 0.717) is 24.7 Å². The van der Waals surface area contributed by atoms with Crippen molar-refractivity contribution in [1.29, 1.82) is 0 Å². The third-order valence-electron chi connectivity index (χ3n) is 3.49. The van der Waals surface area contributed by atoms with Crippen LogP contribution in [0.25, 0.3) is 0 Å². The van der Waals surface area contributed by atoms with Crippen molar-refractivity contribution in [2.75, 3.05) is 0 Å². The fraction of sp³-hybridized carbons (Fsp3) is 0.571. The average Bonchev–Trinajstić information content (AvgIpc) is 3.10. The Morgan fingerprint density at radius 1 is 1.33 bits per heavy atom. The molecule has 0 radical (unpaired) electrons. The first-order chi connectivity index (χ1) is 10.2. The standard InChI is InChI=1S/C14H22N6O/c1-3-13(4-2)20-6-5-11(17-20)7-14(21)10-19-9-12(8-15)16-18-19/h5-6,9,13H,3-4,7-8,10,15H2,1-2H3. The maximum Gasteiger partial charge on any atom is 0.160 e. The highest BCUT2D eigenvalue weighted by Crippen LogP contribution is 2.14. The van der Waals surface area contributed by atoms with Crippen LogP contribution in [0.15, 0.2) is 18.5 Å². The Morgan fingerprint density at radius 3 is 2.71 bits per heavy atom. The van der Waals surface area contributed by atoms with E-state index in [1.807, 2.05) is 16.9 Å². The van der Waals surface area contributed by atoms with E-state index in [1.165, 1.54) is 4.68 Å². The molecule has 0 aromatic carbocycles. The minimum absolute atomic E-state index is 0.0540. The van der Waals surface area contributed by atoms with Crippen LogP contribution in [0.1, 0.15) is 44.1 Å². The normalized spacial score (nSPS) is 11.2. The lowest BCUT2D eigenvalue weighted by Gasteiger charge is -2.12. The molecule has 7 nitrogen and oxygen atoms in total. The Labute approximate surface area is 124 Å². The fourth-order valence-electron chi connectivity index (χ4n) is 2.29. The van der Waals surface area contributed by atoms with E-state index in [1.54, 1.807) is 6.20 Å². The molecular weight excluding hydrogens is 268 g/mol.